The predicted octanol–water partition coefficient (Wildman–Crippen LogP) is 3.21. The van der Waals surface area contributed by atoms with Crippen molar-refractivity contribution in [1.82, 2.24) is 0 Å². The number of rotatable bonds is 1. The summed E-state index contributed by atoms with van der Waals surface area (Å²) in [5.41, 5.74) is 0.475. The summed E-state index contributed by atoms with van der Waals surface area (Å²) in [6, 6.07) is 0. The largest absolute Gasteiger partial charge is 0.0893 e. The van der Waals surface area contributed by atoms with Crippen LogP contribution >= 0.6 is 15.9 Å². The molecule has 0 saturated carbocycles. The van der Waals surface area contributed by atoms with Crippen LogP contribution in [0.4, 0.5) is 0 Å². The second-order valence-corrected chi connectivity index (χ2v) is 5.11. The van der Waals surface area contributed by atoms with E-state index in [4.69, 9.17) is 0 Å². The Morgan fingerprint density at radius 3 is 1.75 bits per heavy atom. The third kappa shape index (κ3) is 6.48. The smallest absolute Gasteiger partial charge is 0.0122 e. The van der Waals surface area contributed by atoms with Gasteiger partial charge in [0.2, 0.25) is 0 Å². The quantitative estimate of drug-likeness (QED) is 0.542. The maximum atomic E-state index is 3.51. The van der Waals surface area contributed by atoms with Gasteiger partial charge in [-0.1, -0.05) is 43.6 Å². The van der Waals surface area contributed by atoms with Crippen LogP contribution in [0.2, 0.25) is 0 Å². The molecule has 0 aliphatic carbocycles. The predicted molar refractivity (Wildman–Crippen MR) is 42.5 cm³/mol. The lowest BCUT2D eigenvalue weighted by atomic mass is 9.91. The minimum atomic E-state index is 0.475. The molecule has 0 nitrogen and oxygen atoms in total. The first-order valence-electron chi connectivity index (χ1n) is 3.06. The summed E-state index contributed by atoms with van der Waals surface area (Å²) in [4.78, 5) is 0.655. The van der Waals surface area contributed by atoms with Crippen LogP contribution < -0.4 is 0 Å². The molecule has 0 aromatic heterocycles. The Kier molecular flexibility index (Phi) is 3.03. The van der Waals surface area contributed by atoms with Crippen LogP contribution in [0.1, 0.15) is 34.1 Å². The molecule has 0 aliphatic heterocycles. The van der Waals surface area contributed by atoms with Gasteiger partial charge in [0.25, 0.3) is 0 Å². The monoisotopic (exact) mass is 178 g/mol. The van der Waals surface area contributed by atoms with Gasteiger partial charge in [-0.3, -0.25) is 0 Å². The molecular weight excluding hydrogens is 164 g/mol. The Balaban J connectivity index is 3.39. The van der Waals surface area contributed by atoms with Gasteiger partial charge in [-0.25, -0.2) is 0 Å². The third-order valence-corrected chi connectivity index (χ3v) is 1.22. The number of halogens is 1. The van der Waals surface area contributed by atoms with Crippen molar-refractivity contribution in [1.29, 1.82) is 0 Å². The molecular formula is C7H15Br. The summed E-state index contributed by atoms with van der Waals surface area (Å²) in [5.74, 6) is 0. The number of alkyl halides is 1. The zero-order valence-corrected chi connectivity index (χ0v) is 7.75. The van der Waals surface area contributed by atoms with E-state index in [1.54, 1.807) is 0 Å². The molecule has 1 unspecified atom stereocenters. The van der Waals surface area contributed by atoms with Crippen LogP contribution in [0.5, 0.6) is 0 Å². The topological polar surface area (TPSA) is 0 Å². The average Bonchev–Trinajstić information content (AvgIpc) is 1.21. The fourth-order valence-corrected chi connectivity index (χ4v) is 1.82. The van der Waals surface area contributed by atoms with Gasteiger partial charge >= 0.3 is 0 Å². The van der Waals surface area contributed by atoms with Gasteiger partial charge < -0.3 is 0 Å². The Morgan fingerprint density at radius 2 is 1.75 bits per heavy atom. The van der Waals surface area contributed by atoms with Crippen LogP contribution in [0, 0.1) is 5.41 Å². The van der Waals surface area contributed by atoms with Crippen molar-refractivity contribution >= 4 is 15.9 Å². The first-order chi connectivity index (χ1) is 3.42. The van der Waals surface area contributed by atoms with E-state index in [1.165, 1.54) is 6.42 Å². The third-order valence-electron chi connectivity index (χ3n) is 0.894. The maximum absolute atomic E-state index is 3.51. The Labute approximate surface area is 60.8 Å². The van der Waals surface area contributed by atoms with E-state index in [0.717, 1.165) is 0 Å². The van der Waals surface area contributed by atoms with Crippen LogP contribution in [0.25, 0.3) is 0 Å². The molecule has 0 aromatic rings. The van der Waals surface area contributed by atoms with Crippen LogP contribution in [0.15, 0.2) is 0 Å². The lowest BCUT2D eigenvalue weighted by Crippen LogP contribution is -2.09. The van der Waals surface area contributed by atoms with E-state index >= 15 is 0 Å². The van der Waals surface area contributed by atoms with E-state index in [1.807, 2.05) is 0 Å². The van der Waals surface area contributed by atoms with Gasteiger partial charge in [0, 0.05) is 4.83 Å². The molecule has 0 saturated heterocycles. The molecule has 1 heteroatoms. The van der Waals surface area contributed by atoms with Crippen molar-refractivity contribution in [3.05, 3.63) is 0 Å². The van der Waals surface area contributed by atoms with Gasteiger partial charge in [-0.2, -0.15) is 0 Å². The van der Waals surface area contributed by atoms with Gasteiger partial charge in [0.1, 0.15) is 0 Å². The second kappa shape index (κ2) is 2.86. The number of hydrogen-bond acceptors (Lipinski definition) is 0. The number of hydrogen-bond donors (Lipinski definition) is 0. The fourth-order valence-electron chi connectivity index (χ4n) is 0.844. The first-order valence-corrected chi connectivity index (χ1v) is 3.97. The van der Waals surface area contributed by atoms with E-state index < -0.39 is 0 Å². The van der Waals surface area contributed by atoms with E-state index in [-0.39, 0.29) is 0 Å². The summed E-state index contributed by atoms with van der Waals surface area (Å²) in [6.45, 7) is 8.95. The summed E-state index contributed by atoms with van der Waals surface area (Å²) < 4.78 is 0. The lowest BCUT2D eigenvalue weighted by molar-refractivity contribution is 0.380. The van der Waals surface area contributed by atoms with Gasteiger partial charge in [-0.05, 0) is 11.8 Å². The zero-order chi connectivity index (χ0) is 6.78. The van der Waals surface area contributed by atoms with Crippen molar-refractivity contribution in [2.45, 2.75) is 38.9 Å². The molecule has 0 bridgehead atoms. The van der Waals surface area contributed by atoms with Crippen molar-refractivity contribution in [2.24, 2.45) is 5.41 Å². The van der Waals surface area contributed by atoms with Crippen molar-refractivity contribution in [3.63, 3.8) is 0 Å². The summed E-state index contributed by atoms with van der Waals surface area (Å²) in [5, 5.41) is 0. The maximum Gasteiger partial charge on any atom is 0.0122 e. The molecule has 0 heterocycles. The van der Waals surface area contributed by atoms with Crippen LogP contribution in [-0.4, -0.2) is 4.83 Å². The summed E-state index contributed by atoms with van der Waals surface area (Å²) in [7, 11) is 0. The second-order valence-electron chi connectivity index (χ2n) is 3.55. The molecule has 0 fully saturated rings. The summed E-state index contributed by atoms with van der Waals surface area (Å²) >= 11 is 3.51. The van der Waals surface area contributed by atoms with E-state index in [0.29, 0.717) is 10.2 Å². The molecule has 0 aromatic carbocycles. The molecule has 0 radical (unpaired) electrons. The SMILES string of the molecule is CC(Br)CC(C)(C)C. The Hall–Kier alpha value is 0.480. The summed E-state index contributed by atoms with van der Waals surface area (Å²) in [6.07, 6.45) is 1.24. The van der Waals surface area contributed by atoms with Crippen molar-refractivity contribution < 1.29 is 0 Å². The highest BCUT2D eigenvalue weighted by Crippen LogP contribution is 2.23. The minimum Gasteiger partial charge on any atom is -0.0893 e. The first kappa shape index (κ1) is 8.48. The zero-order valence-electron chi connectivity index (χ0n) is 6.16. The minimum absolute atomic E-state index is 0.475. The van der Waals surface area contributed by atoms with Crippen molar-refractivity contribution in [3.8, 4) is 0 Å². The standard InChI is InChI=1S/C7H15Br/c1-6(8)5-7(2,3)4/h6H,5H2,1-4H3. The average molecular weight is 179 g/mol. The Morgan fingerprint density at radius 1 is 1.38 bits per heavy atom. The molecule has 50 valence electrons. The molecule has 0 spiro atoms. The van der Waals surface area contributed by atoms with E-state index in [9.17, 15) is 0 Å². The Bertz CT molecular complexity index is 59.3. The molecule has 0 aliphatic rings. The van der Waals surface area contributed by atoms with Gasteiger partial charge in [0.05, 0.1) is 0 Å². The van der Waals surface area contributed by atoms with E-state index in [2.05, 4.69) is 43.6 Å². The molecule has 0 amide bonds. The molecule has 0 rings (SSSR count). The van der Waals surface area contributed by atoms with Gasteiger partial charge in [-0.15, -0.1) is 0 Å². The normalized spacial score (nSPS) is 16.1. The molecule has 8 heavy (non-hydrogen) atoms. The lowest BCUT2D eigenvalue weighted by Gasteiger charge is -2.19. The van der Waals surface area contributed by atoms with Crippen molar-refractivity contribution in [2.75, 3.05) is 0 Å². The highest BCUT2D eigenvalue weighted by atomic mass is 79.9. The highest BCUT2D eigenvalue weighted by molar-refractivity contribution is 9.09. The molecule has 1 atom stereocenters. The van der Waals surface area contributed by atoms with Gasteiger partial charge in [0.15, 0.2) is 0 Å². The fraction of sp³-hybridized carbons (Fsp3) is 1.00. The molecule has 0 N–H and O–H groups in total. The van der Waals surface area contributed by atoms with Crippen LogP contribution in [0.3, 0.4) is 0 Å². The highest BCUT2D eigenvalue weighted by Gasteiger charge is 2.12. The van der Waals surface area contributed by atoms with Crippen LogP contribution in [-0.2, 0) is 0 Å².